The largest absolute Gasteiger partial charge is 0.439 e. The van der Waals surface area contributed by atoms with E-state index in [4.69, 9.17) is 14.6 Å². The predicted octanol–water partition coefficient (Wildman–Crippen LogP) is 4.80. The number of hydrogen-bond donors (Lipinski definition) is 1. The van der Waals surface area contributed by atoms with Crippen LogP contribution in [0.1, 0.15) is 31.4 Å². The molecule has 0 aliphatic heterocycles. The van der Waals surface area contributed by atoms with Gasteiger partial charge in [-0.25, -0.2) is 4.68 Å². The van der Waals surface area contributed by atoms with Crippen LogP contribution in [0.25, 0.3) is 11.3 Å². The van der Waals surface area contributed by atoms with Gasteiger partial charge in [-0.1, -0.05) is 55.0 Å². The number of hydrogen-bond acceptors (Lipinski definition) is 5. The zero-order chi connectivity index (χ0) is 23.1. The molecule has 6 heteroatoms. The first-order chi connectivity index (χ1) is 15.4. The summed E-state index contributed by atoms with van der Waals surface area (Å²) in [5.41, 5.74) is 4.12. The molecule has 3 aromatic rings. The average Bonchev–Trinajstić information content (AvgIpc) is 3.10. The van der Waals surface area contributed by atoms with Crippen molar-refractivity contribution < 1.29 is 14.6 Å². The van der Waals surface area contributed by atoms with E-state index in [2.05, 4.69) is 37.8 Å². The van der Waals surface area contributed by atoms with Gasteiger partial charge in [-0.3, -0.25) is 4.90 Å². The van der Waals surface area contributed by atoms with E-state index in [0.717, 1.165) is 29.0 Å². The summed E-state index contributed by atoms with van der Waals surface area (Å²) in [5.74, 6) is 1.48. The van der Waals surface area contributed by atoms with Crippen molar-refractivity contribution in [3.8, 4) is 22.9 Å². The second-order valence-corrected chi connectivity index (χ2v) is 8.33. The third-order valence-electron chi connectivity index (χ3n) is 5.75. The van der Waals surface area contributed by atoms with E-state index in [-0.39, 0.29) is 6.04 Å². The Hall–Kier alpha value is -2.67. The molecule has 0 saturated heterocycles. The Morgan fingerprint density at radius 1 is 1.09 bits per heavy atom. The lowest BCUT2D eigenvalue weighted by Gasteiger charge is -2.30. The number of ether oxygens (including phenoxy) is 2. The number of aliphatic hydroxyl groups is 1. The molecular weight excluding hydrogens is 402 g/mol. The van der Waals surface area contributed by atoms with Gasteiger partial charge >= 0.3 is 0 Å². The van der Waals surface area contributed by atoms with Gasteiger partial charge in [0.15, 0.2) is 0 Å². The molecule has 1 N–H and O–H groups in total. The summed E-state index contributed by atoms with van der Waals surface area (Å²) in [6, 6.07) is 18.5. The SMILES string of the molecule is CC[C@@H](C)N(Cc1c(-c2ccccc2)nn(C)c1Oc1ccc(C)cc1)C[C@H](O)COC. The van der Waals surface area contributed by atoms with Crippen LogP contribution < -0.4 is 4.74 Å². The molecule has 0 spiro atoms. The molecule has 2 aromatic carbocycles. The second-order valence-electron chi connectivity index (χ2n) is 8.33. The number of benzene rings is 2. The Morgan fingerprint density at radius 3 is 2.41 bits per heavy atom. The van der Waals surface area contributed by atoms with Crippen molar-refractivity contribution in [3.63, 3.8) is 0 Å². The molecule has 3 rings (SSSR count). The highest BCUT2D eigenvalue weighted by atomic mass is 16.5. The summed E-state index contributed by atoms with van der Waals surface area (Å²) in [7, 11) is 3.52. The van der Waals surface area contributed by atoms with Crippen molar-refractivity contribution >= 4 is 0 Å². The van der Waals surface area contributed by atoms with Crippen LogP contribution in [0.15, 0.2) is 54.6 Å². The molecule has 0 bridgehead atoms. The monoisotopic (exact) mass is 437 g/mol. The van der Waals surface area contributed by atoms with Crippen molar-refractivity contribution in [2.24, 2.45) is 7.05 Å². The maximum Gasteiger partial charge on any atom is 0.222 e. The predicted molar refractivity (Wildman–Crippen MR) is 128 cm³/mol. The van der Waals surface area contributed by atoms with E-state index in [1.807, 2.05) is 49.5 Å². The van der Waals surface area contributed by atoms with Gasteiger partial charge in [-0.2, -0.15) is 5.10 Å². The molecule has 1 heterocycles. The van der Waals surface area contributed by atoms with E-state index in [1.165, 1.54) is 5.56 Å². The summed E-state index contributed by atoms with van der Waals surface area (Å²) < 4.78 is 13.3. The minimum absolute atomic E-state index is 0.276. The van der Waals surface area contributed by atoms with Crippen LogP contribution in [0, 0.1) is 6.92 Å². The molecule has 0 radical (unpaired) electrons. The third kappa shape index (κ3) is 5.97. The fourth-order valence-electron chi connectivity index (χ4n) is 3.75. The van der Waals surface area contributed by atoms with Gasteiger partial charge in [-0.05, 0) is 32.4 Å². The van der Waals surface area contributed by atoms with Crippen LogP contribution in [0.4, 0.5) is 0 Å². The van der Waals surface area contributed by atoms with Crippen LogP contribution >= 0.6 is 0 Å². The summed E-state index contributed by atoms with van der Waals surface area (Å²) >= 11 is 0. The number of aliphatic hydroxyl groups excluding tert-OH is 1. The molecule has 0 saturated carbocycles. The maximum atomic E-state index is 10.4. The molecule has 0 aliphatic carbocycles. The molecule has 0 unspecified atom stereocenters. The van der Waals surface area contributed by atoms with E-state index >= 15 is 0 Å². The molecule has 2 atom stereocenters. The lowest BCUT2D eigenvalue weighted by atomic mass is 10.1. The standard InChI is InChI=1S/C26H35N3O3/c1-6-20(3)29(16-22(30)18-31-5)17-24-25(21-10-8-7-9-11-21)27-28(4)26(24)32-23-14-12-19(2)13-15-23/h7-15,20,22,30H,6,16-18H2,1-5H3/t20-,22+/m1/s1. The normalized spacial score (nSPS) is 13.3. The molecule has 32 heavy (non-hydrogen) atoms. The van der Waals surface area contributed by atoms with Gasteiger partial charge in [0, 0.05) is 38.9 Å². The van der Waals surface area contributed by atoms with Crippen molar-refractivity contribution in [1.29, 1.82) is 0 Å². The van der Waals surface area contributed by atoms with Gasteiger partial charge in [0.05, 0.1) is 18.3 Å². The fourth-order valence-corrected chi connectivity index (χ4v) is 3.75. The number of methoxy groups -OCH3 is 1. The zero-order valence-electron chi connectivity index (χ0n) is 19.8. The number of rotatable bonds is 11. The van der Waals surface area contributed by atoms with E-state index in [0.29, 0.717) is 25.6 Å². The van der Waals surface area contributed by atoms with Crippen molar-refractivity contribution in [1.82, 2.24) is 14.7 Å². The Balaban J connectivity index is 2.02. The second kappa shape index (κ2) is 11.3. The summed E-state index contributed by atoms with van der Waals surface area (Å²) in [5, 5.41) is 15.3. The molecule has 0 aliphatic rings. The van der Waals surface area contributed by atoms with Crippen molar-refractivity contribution in [2.75, 3.05) is 20.3 Å². The fraction of sp³-hybridized carbons (Fsp3) is 0.423. The Labute approximate surface area is 191 Å². The lowest BCUT2D eigenvalue weighted by Crippen LogP contribution is -2.39. The first-order valence-electron chi connectivity index (χ1n) is 11.2. The van der Waals surface area contributed by atoms with E-state index in [9.17, 15) is 5.11 Å². The molecule has 172 valence electrons. The smallest absolute Gasteiger partial charge is 0.222 e. The van der Waals surface area contributed by atoms with Gasteiger partial charge in [-0.15, -0.1) is 0 Å². The average molecular weight is 438 g/mol. The molecule has 0 amide bonds. The topological polar surface area (TPSA) is 59.8 Å². The number of aromatic nitrogens is 2. The van der Waals surface area contributed by atoms with Crippen LogP contribution in [0.3, 0.4) is 0 Å². The minimum Gasteiger partial charge on any atom is -0.439 e. The van der Waals surface area contributed by atoms with Gasteiger partial charge in [0.1, 0.15) is 11.4 Å². The zero-order valence-corrected chi connectivity index (χ0v) is 19.8. The van der Waals surface area contributed by atoms with Crippen LogP contribution in [-0.4, -0.2) is 52.2 Å². The summed E-state index contributed by atoms with van der Waals surface area (Å²) in [6.07, 6.45) is 0.404. The van der Waals surface area contributed by atoms with Crippen LogP contribution in [-0.2, 0) is 18.3 Å². The highest BCUT2D eigenvalue weighted by molar-refractivity contribution is 5.65. The molecule has 0 fully saturated rings. The maximum absolute atomic E-state index is 10.4. The highest BCUT2D eigenvalue weighted by Crippen LogP contribution is 2.34. The first-order valence-corrected chi connectivity index (χ1v) is 11.2. The lowest BCUT2D eigenvalue weighted by molar-refractivity contribution is 0.0253. The molecular formula is C26H35N3O3. The van der Waals surface area contributed by atoms with Crippen molar-refractivity contribution in [3.05, 3.63) is 65.7 Å². The summed E-state index contributed by atoms with van der Waals surface area (Å²) in [6.45, 7) is 7.81. The Kier molecular flexibility index (Phi) is 8.45. The van der Waals surface area contributed by atoms with Crippen LogP contribution in [0.5, 0.6) is 11.6 Å². The first kappa shape index (κ1) is 24.0. The summed E-state index contributed by atoms with van der Waals surface area (Å²) in [4.78, 5) is 2.27. The minimum atomic E-state index is -0.563. The van der Waals surface area contributed by atoms with Gasteiger partial charge in [0.25, 0.3) is 0 Å². The third-order valence-corrected chi connectivity index (χ3v) is 5.75. The van der Waals surface area contributed by atoms with E-state index < -0.39 is 6.10 Å². The van der Waals surface area contributed by atoms with E-state index in [1.54, 1.807) is 11.8 Å². The Bertz CT molecular complexity index is 970. The number of nitrogens with zero attached hydrogens (tertiary/aromatic N) is 3. The van der Waals surface area contributed by atoms with Gasteiger partial charge in [0.2, 0.25) is 5.88 Å². The molecule has 1 aromatic heterocycles. The Morgan fingerprint density at radius 2 is 1.78 bits per heavy atom. The number of aryl methyl sites for hydroxylation is 2. The van der Waals surface area contributed by atoms with Crippen LogP contribution in [0.2, 0.25) is 0 Å². The highest BCUT2D eigenvalue weighted by Gasteiger charge is 2.25. The quantitative estimate of drug-likeness (QED) is 0.467. The van der Waals surface area contributed by atoms with Gasteiger partial charge < -0.3 is 14.6 Å². The molecule has 6 nitrogen and oxygen atoms in total. The van der Waals surface area contributed by atoms with Crippen molar-refractivity contribution in [2.45, 2.75) is 45.9 Å².